The Morgan fingerprint density at radius 3 is 2.36 bits per heavy atom. The third kappa shape index (κ3) is 6.16. The molecular weight excluding hydrogens is 358 g/mol. The summed E-state index contributed by atoms with van der Waals surface area (Å²) in [7, 11) is 3.13. The minimum atomic E-state index is -0.810. The van der Waals surface area contributed by atoms with Crippen LogP contribution in [0.2, 0.25) is 0 Å². The number of methoxy groups -OCH3 is 2. The van der Waals surface area contributed by atoms with E-state index in [1.807, 2.05) is 0 Å². The molecule has 0 fully saturated rings. The van der Waals surface area contributed by atoms with Gasteiger partial charge in [-0.3, -0.25) is 4.79 Å². The summed E-state index contributed by atoms with van der Waals surface area (Å²) < 4.78 is 16.2. The summed E-state index contributed by atoms with van der Waals surface area (Å²) in [5.74, 6) is 2.08. The molecule has 0 aromatic heterocycles. The predicted octanol–water partition coefficient (Wildman–Crippen LogP) is 3.59. The standard InChI is InChI=1S/C22H29NO5/c1-15(2)11-12-28-20-10-7-17(13-21(20)27-4)22(25)23-14-19(24)16-5-8-18(26-3)9-6-16/h5-10,13,15,19,24H,11-12,14H2,1-4H3,(H,23,25). The van der Waals surface area contributed by atoms with Gasteiger partial charge in [-0.15, -0.1) is 0 Å². The first-order valence-corrected chi connectivity index (χ1v) is 9.35. The van der Waals surface area contributed by atoms with Gasteiger partial charge in [0, 0.05) is 12.1 Å². The molecule has 0 aliphatic rings. The van der Waals surface area contributed by atoms with Gasteiger partial charge < -0.3 is 24.6 Å². The van der Waals surface area contributed by atoms with Crippen LogP contribution in [0.3, 0.4) is 0 Å². The SMILES string of the molecule is COc1ccc(C(O)CNC(=O)c2ccc(OCCC(C)C)c(OC)c2)cc1. The second-order valence-corrected chi connectivity index (χ2v) is 6.90. The summed E-state index contributed by atoms with van der Waals surface area (Å²) in [5.41, 5.74) is 1.14. The van der Waals surface area contributed by atoms with Gasteiger partial charge in [-0.2, -0.15) is 0 Å². The minimum Gasteiger partial charge on any atom is -0.497 e. The van der Waals surface area contributed by atoms with Crippen molar-refractivity contribution in [3.8, 4) is 17.2 Å². The molecule has 2 N–H and O–H groups in total. The molecular formula is C22H29NO5. The van der Waals surface area contributed by atoms with E-state index >= 15 is 0 Å². The molecule has 0 aliphatic heterocycles. The highest BCUT2D eigenvalue weighted by molar-refractivity contribution is 5.94. The van der Waals surface area contributed by atoms with Crippen molar-refractivity contribution in [3.63, 3.8) is 0 Å². The molecule has 0 radical (unpaired) electrons. The maximum absolute atomic E-state index is 12.4. The second-order valence-electron chi connectivity index (χ2n) is 6.90. The van der Waals surface area contributed by atoms with Crippen LogP contribution in [0.25, 0.3) is 0 Å². The van der Waals surface area contributed by atoms with Crippen molar-refractivity contribution in [2.75, 3.05) is 27.4 Å². The summed E-state index contributed by atoms with van der Waals surface area (Å²) in [6, 6.07) is 12.1. The van der Waals surface area contributed by atoms with Gasteiger partial charge in [-0.1, -0.05) is 26.0 Å². The molecule has 1 unspecified atom stereocenters. The summed E-state index contributed by atoms with van der Waals surface area (Å²) in [4.78, 5) is 12.4. The molecule has 152 valence electrons. The van der Waals surface area contributed by atoms with E-state index in [2.05, 4.69) is 19.2 Å². The van der Waals surface area contributed by atoms with Crippen LogP contribution < -0.4 is 19.5 Å². The van der Waals surface area contributed by atoms with E-state index in [-0.39, 0.29) is 12.5 Å². The number of hydrogen-bond acceptors (Lipinski definition) is 5. The molecule has 1 atom stereocenters. The molecule has 0 bridgehead atoms. The Bertz CT molecular complexity index is 758. The fourth-order valence-electron chi connectivity index (χ4n) is 2.57. The topological polar surface area (TPSA) is 77.0 Å². The van der Waals surface area contributed by atoms with E-state index in [1.165, 1.54) is 0 Å². The first-order valence-electron chi connectivity index (χ1n) is 9.35. The van der Waals surface area contributed by atoms with Crippen molar-refractivity contribution in [3.05, 3.63) is 53.6 Å². The fraction of sp³-hybridized carbons (Fsp3) is 0.409. The summed E-state index contributed by atoms with van der Waals surface area (Å²) in [5, 5.41) is 13.0. The van der Waals surface area contributed by atoms with Gasteiger partial charge in [0.1, 0.15) is 5.75 Å². The number of amides is 1. The molecule has 28 heavy (non-hydrogen) atoms. The normalized spacial score (nSPS) is 11.8. The van der Waals surface area contributed by atoms with Crippen molar-refractivity contribution >= 4 is 5.91 Å². The molecule has 0 aliphatic carbocycles. The Hall–Kier alpha value is -2.73. The highest BCUT2D eigenvalue weighted by atomic mass is 16.5. The average Bonchev–Trinajstić information content (AvgIpc) is 2.71. The predicted molar refractivity (Wildman–Crippen MR) is 108 cm³/mol. The highest BCUT2D eigenvalue weighted by Crippen LogP contribution is 2.28. The number of aliphatic hydroxyl groups is 1. The molecule has 0 saturated heterocycles. The van der Waals surface area contributed by atoms with E-state index in [0.717, 1.165) is 6.42 Å². The lowest BCUT2D eigenvalue weighted by Gasteiger charge is -2.15. The molecule has 6 nitrogen and oxygen atoms in total. The highest BCUT2D eigenvalue weighted by Gasteiger charge is 2.14. The molecule has 1 amide bonds. The molecule has 0 heterocycles. The molecule has 0 spiro atoms. The van der Waals surface area contributed by atoms with Gasteiger partial charge in [0.2, 0.25) is 0 Å². The second kappa shape index (κ2) is 10.6. The van der Waals surface area contributed by atoms with Gasteiger partial charge in [0.15, 0.2) is 11.5 Å². The van der Waals surface area contributed by atoms with Crippen molar-refractivity contribution in [2.24, 2.45) is 5.92 Å². The number of nitrogens with one attached hydrogen (secondary N) is 1. The third-order valence-corrected chi connectivity index (χ3v) is 4.34. The van der Waals surface area contributed by atoms with E-state index in [0.29, 0.717) is 40.9 Å². The Balaban J connectivity index is 1.95. The first-order chi connectivity index (χ1) is 13.4. The zero-order valence-electron chi connectivity index (χ0n) is 16.9. The Kier molecular flexibility index (Phi) is 8.14. The number of hydrogen-bond donors (Lipinski definition) is 2. The number of ether oxygens (including phenoxy) is 3. The Morgan fingerprint density at radius 2 is 1.75 bits per heavy atom. The quantitative estimate of drug-likeness (QED) is 0.651. The lowest BCUT2D eigenvalue weighted by Crippen LogP contribution is -2.28. The Labute approximate surface area is 166 Å². The van der Waals surface area contributed by atoms with Gasteiger partial charge in [-0.25, -0.2) is 0 Å². The Morgan fingerprint density at radius 1 is 1.04 bits per heavy atom. The van der Waals surface area contributed by atoms with E-state index < -0.39 is 6.10 Å². The molecule has 6 heteroatoms. The molecule has 2 rings (SSSR count). The van der Waals surface area contributed by atoms with Crippen LogP contribution in [-0.4, -0.2) is 38.4 Å². The summed E-state index contributed by atoms with van der Waals surface area (Å²) >= 11 is 0. The van der Waals surface area contributed by atoms with Crippen molar-refractivity contribution in [1.82, 2.24) is 5.32 Å². The largest absolute Gasteiger partial charge is 0.497 e. The first kappa shape index (κ1) is 21.6. The van der Waals surface area contributed by atoms with E-state index in [9.17, 15) is 9.90 Å². The van der Waals surface area contributed by atoms with Gasteiger partial charge >= 0.3 is 0 Å². The van der Waals surface area contributed by atoms with Crippen LogP contribution >= 0.6 is 0 Å². The molecule has 2 aromatic carbocycles. The van der Waals surface area contributed by atoms with Crippen molar-refractivity contribution < 1.29 is 24.1 Å². The van der Waals surface area contributed by atoms with Gasteiger partial charge in [0.25, 0.3) is 5.91 Å². The summed E-state index contributed by atoms with van der Waals surface area (Å²) in [6.07, 6.45) is 0.129. The lowest BCUT2D eigenvalue weighted by molar-refractivity contribution is 0.0916. The van der Waals surface area contributed by atoms with Gasteiger partial charge in [-0.05, 0) is 48.2 Å². The van der Waals surface area contributed by atoms with Crippen LogP contribution in [0.1, 0.15) is 42.3 Å². The van der Waals surface area contributed by atoms with Gasteiger partial charge in [0.05, 0.1) is 26.9 Å². The summed E-state index contributed by atoms with van der Waals surface area (Å²) in [6.45, 7) is 4.95. The molecule has 2 aromatic rings. The third-order valence-electron chi connectivity index (χ3n) is 4.34. The monoisotopic (exact) mass is 387 g/mol. The van der Waals surface area contributed by atoms with E-state index in [4.69, 9.17) is 14.2 Å². The van der Waals surface area contributed by atoms with Crippen molar-refractivity contribution in [2.45, 2.75) is 26.4 Å². The van der Waals surface area contributed by atoms with Crippen LogP contribution in [0.5, 0.6) is 17.2 Å². The maximum Gasteiger partial charge on any atom is 0.251 e. The zero-order chi connectivity index (χ0) is 20.5. The minimum absolute atomic E-state index is 0.0973. The molecule has 0 saturated carbocycles. The van der Waals surface area contributed by atoms with Crippen LogP contribution in [0.4, 0.5) is 0 Å². The van der Waals surface area contributed by atoms with Crippen molar-refractivity contribution in [1.29, 1.82) is 0 Å². The van der Waals surface area contributed by atoms with Crippen LogP contribution in [-0.2, 0) is 0 Å². The number of aliphatic hydroxyl groups excluding tert-OH is 1. The fourth-order valence-corrected chi connectivity index (χ4v) is 2.57. The zero-order valence-corrected chi connectivity index (χ0v) is 16.9. The maximum atomic E-state index is 12.4. The van der Waals surface area contributed by atoms with Crippen LogP contribution in [0, 0.1) is 5.92 Å². The number of rotatable bonds is 10. The number of carbonyl (C=O) groups is 1. The number of benzene rings is 2. The van der Waals surface area contributed by atoms with E-state index in [1.54, 1.807) is 56.7 Å². The average molecular weight is 387 g/mol. The smallest absolute Gasteiger partial charge is 0.251 e. The van der Waals surface area contributed by atoms with Crippen LogP contribution in [0.15, 0.2) is 42.5 Å². The lowest BCUT2D eigenvalue weighted by atomic mass is 10.1. The number of carbonyl (C=O) groups excluding carboxylic acids is 1.